The van der Waals surface area contributed by atoms with E-state index in [1.165, 1.54) is 0 Å². The number of carbonyl (C=O) groups excluding carboxylic acids is 1. The molecule has 2 fully saturated rings. The number of rotatable bonds is 4. The number of hydrogen-bond acceptors (Lipinski definition) is 3. The fourth-order valence-corrected chi connectivity index (χ4v) is 2.98. The summed E-state index contributed by atoms with van der Waals surface area (Å²) in [6, 6.07) is 2.15. The third kappa shape index (κ3) is 2.98. The maximum absolute atomic E-state index is 12.0. The van der Waals surface area contributed by atoms with E-state index in [2.05, 4.69) is 11.4 Å². The number of piperidine rings is 1. The van der Waals surface area contributed by atoms with E-state index < -0.39 is 0 Å². The van der Waals surface area contributed by atoms with Crippen molar-refractivity contribution < 1.29 is 4.79 Å². The number of unbranched alkanes of at least 4 members (excludes halogenated alkanes) is 2. The SMILES string of the molecule is N#CCCCCN1CC2(CCNCC2)CC1=O. The van der Waals surface area contributed by atoms with Gasteiger partial charge in [0.25, 0.3) is 0 Å². The standard InChI is InChI=1S/C13H21N3O/c14-6-2-1-3-9-16-11-13(10-12(16)17)4-7-15-8-5-13/h15H,1-5,7-11H2. The fraction of sp³-hybridized carbons (Fsp3) is 0.846. The highest BCUT2D eigenvalue weighted by molar-refractivity contribution is 5.79. The van der Waals surface area contributed by atoms with Crippen molar-refractivity contribution in [3.8, 4) is 6.07 Å². The molecule has 2 rings (SSSR count). The molecule has 2 aliphatic heterocycles. The normalized spacial score (nSPS) is 23.0. The van der Waals surface area contributed by atoms with Gasteiger partial charge in [-0.25, -0.2) is 0 Å². The number of hydrogen-bond donors (Lipinski definition) is 1. The van der Waals surface area contributed by atoms with Gasteiger partial charge in [-0.05, 0) is 44.2 Å². The Bertz CT molecular complexity index is 315. The van der Waals surface area contributed by atoms with Crippen LogP contribution in [0, 0.1) is 16.7 Å². The minimum atomic E-state index is 0.261. The lowest BCUT2D eigenvalue weighted by atomic mass is 9.78. The second kappa shape index (κ2) is 5.50. The highest BCUT2D eigenvalue weighted by atomic mass is 16.2. The highest BCUT2D eigenvalue weighted by Crippen LogP contribution is 2.39. The Morgan fingerprint density at radius 3 is 2.82 bits per heavy atom. The number of carbonyl (C=O) groups is 1. The molecule has 0 radical (unpaired) electrons. The van der Waals surface area contributed by atoms with Crippen LogP contribution < -0.4 is 5.32 Å². The van der Waals surface area contributed by atoms with Gasteiger partial charge in [0.15, 0.2) is 0 Å². The number of nitrogens with one attached hydrogen (secondary N) is 1. The molecule has 1 amide bonds. The van der Waals surface area contributed by atoms with Crippen LogP contribution in [-0.2, 0) is 4.79 Å². The molecule has 2 saturated heterocycles. The van der Waals surface area contributed by atoms with Crippen LogP contribution in [0.4, 0.5) is 0 Å². The lowest BCUT2D eigenvalue weighted by molar-refractivity contribution is -0.127. The summed E-state index contributed by atoms with van der Waals surface area (Å²) in [6.07, 6.45) is 5.49. The lowest BCUT2D eigenvalue weighted by Crippen LogP contribution is -2.38. The van der Waals surface area contributed by atoms with Crippen molar-refractivity contribution in [1.82, 2.24) is 10.2 Å². The molecule has 94 valence electrons. The van der Waals surface area contributed by atoms with Crippen LogP contribution in [0.3, 0.4) is 0 Å². The Hall–Kier alpha value is -1.08. The summed E-state index contributed by atoms with van der Waals surface area (Å²) in [6.45, 7) is 3.89. The summed E-state index contributed by atoms with van der Waals surface area (Å²) >= 11 is 0. The molecule has 17 heavy (non-hydrogen) atoms. The van der Waals surface area contributed by atoms with Crippen molar-refractivity contribution in [3.05, 3.63) is 0 Å². The summed E-state index contributed by atoms with van der Waals surface area (Å²) in [5.41, 5.74) is 0.261. The van der Waals surface area contributed by atoms with Crippen molar-refractivity contribution >= 4 is 5.91 Å². The van der Waals surface area contributed by atoms with Gasteiger partial charge in [-0.15, -0.1) is 0 Å². The van der Waals surface area contributed by atoms with Gasteiger partial charge in [-0.3, -0.25) is 4.79 Å². The molecule has 2 heterocycles. The first-order valence-corrected chi connectivity index (χ1v) is 6.61. The molecule has 4 heteroatoms. The van der Waals surface area contributed by atoms with Crippen LogP contribution in [-0.4, -0.2) is 37.0 Å². The van der Waals surface area contributed by atoms with Crippen molar-refractivity contribution in [2.75, 3.05) is 26.2 Å². The first-order valence-electron chi connectivity index (χ1n) is 6.61. The Balaban J connectivity index is 1.80. The smallest absolute Gasteiger partial charge is 0.223 e. The Labute approximate surface area is 103 Å². The first kappa shape index (κ1) is 12.4. The highest BCUT2D eigenvalue weighted by Gasteiger charge is 2.43. The average molecular weight is 235 g/mol. The summed E-state index contributed by atoms with van der Waals surface area (Å²) in [5.74, 6) is 0.323. The Morgan fingerprint density at radius 1 is 1.35 bits per heavy atom. The van der Waals surface area contributed by atoms with Crippen LogP contribution in [0.2, 0.25) is 0 Å². The molecule has 0 unspecified atom stereocenters. The minimum absolute atomic E-state index is 0.261. The van der Waals surface area contributed by atoms with Gasteiger partial charge < -0.3 is 10.2 Å². The molecule has 0 saturated carbocycles. The molecular formula is C13H21N3O. The lowest BCUT2D eigenvalue weighted by Gasteiger charge is -2.33. The molecule has 0 atom stereocenters. The van der Waals surface area contributed by atoms with Crippen molar-refractivity contribution in [1.29, 1.82) is 5.26 Å². The molecular weight excluding hydrogens is 214 g/mol. The zero-order valence-corrected chi connectivity index (χ0v) is 10.4. The van der Waals surface area contributed by atoms with E-state index >= 15 is 0 Å². The fourth-order valence-electron chi connectivity index (χ4n) is 2.98. The number of likely N-dealkylation sites (tertiary alicyclic amines) is 1. The molecule has 0 aromatic rings. The van der Waals surface area contributed by atoms with E-state index in [9.17, 15) is 4.79 Å². The van der Waals surface area contributed by atoms with Gasteiger partial charge in [0.05, 0.1) is 6.07 Å². The molecule has 0 aromatic carbocycles. The molecule has 0 aliphatic carbocycles. The average Bonchev–Trinajstić information content (AvgIpc) is 2.62. The van der Waals surface area contributed by atoms with E-state index in [4.69, 9.17) is 5.26 Å². The topological polar surface area (TPSA) is 56.1 Å². The predicted octanol–water partition coefficient (Wildman–Crippen LogP) is 1.28. The number of nitrogens with zero attached hydrogens (tertiary/aromatic N) is 2. The van der Waals surface area contributed by atoms with Crippen LogP contribution in [0.1, 0.15) is 38.5 Å². The van der Waals surface area contributed by atoms with Crippen LogP contribution in [0.25, 0.3) is 0 Å². The summed E-state index contributed by atoms with van der Waals surface area (Å²) < 4.78 is 0. The van der Waals surface area contributed by atoms with Crippen LogP contribution in [0.15, 0.2) is 0 Å². The monoisotopic (exact) mass is 235 g/mol. The van der Waals surface area contributed by atoms with Gasteiger partial charge in [0, 0.05) is 25.9 Å². The van der Waals surface area contributed by atoms with Crippen molar-refractivity contribution in [2.45, 2.75) is 38.5 Å². The first-order chi connectivity index (χ1) is 8.26. The van der Waals surface area contributed by atoms with Gasteiger partial charge in [0.1, 0.15) is 0 Å². The second-order valence-electron chi connectivity index (χ2n) is 5.36. The zero-order chi connectivity index (χ0) is 12.1. The van der Waals surface area contributed by atoms with E-state index in [1.54, 1.807) is 0 Å². The predicted molar refractivity (Wildman–Crippen MR) is 65.2 cm³/mol. The summed E-state index contributed by atoms with van der Waals surface area (Å²) in [4.78, 5) is 14.0. The van der Waals surface area contributed by atoms with E-state index in [1.807, 2.05) is 4.90 Å². The molecule has 0 aromatic heterocycles. The Morgan fingerprint density at radius 2 is 2.12 bits per heavy atom. The largest absolute Gasteiger partial charge is 0.342 e. The zero-order valence-electron chi connectivity index (χ0n) is 10.4. The third-order valence-corrected chi connectivity index (χ3v) is 4.04. The van der Waals surface area contributed by atoms with E-state index in [0.717, 1.165) is 58.3 Å². The molecule has 1 N–H and O–H groups in total. The third-order valence-electron chi connectivity index (χ3n) is 4.04. The Kier molecular flexibility index (Phi) is 4.01. The maximum Gasteiger partial charge on any atom is 0.223 e. The molecule has 4 nitrogen and oxygen atoms in total. The van der Waals surface area contributed by atoms with Crippen molar-refractivity contribution in [2.24, 2.45) is 5.41 Å². The second-order valence-corrected chi connectivity index (χ2v) is 5.36. The summed E-state index contributed by atoms with van der Waals surface area (Å²) in [7, 11) is 0. The van der Waals surface area contributed by atoms with Crippen LogP contribution in [0.5, 0.6) is 0 Å². The summed E-state index contributed by atoms with van der Waals surface area (Å²) in [5, 5.41) is 11.8. The number of nitriles is 1. The number of amides is 1. The molecule has 0 bridgehead atoms. The molecule has 2 aliphatic rings. The van der Waals surface area contributed by atoms with Crippen molar-refractivity contribution in [3.63, 3.8) is 0 Å². The molecule has 1 spiro atoms. The van der Waals surface area contributed by atoms with Gasteiger partial charge in [-0.2, -0.15) is 5.26 Å². The minimum Gasteiger partial charge on any atom is -0.342 e. The van der Waals surface area contributed by atoms with E-state index in [-0.39, 0.29) is 5.41 Å². The van der Waals surface area contributed by atoms with E-state index in [0.29, 0.717) is 12.3 Å². The maximum atomic E-state index is 12.0. The van der Waals surface area contributed by atoms with Gasteiger partial charge in [0.2, 0.25) is 5.91 Å². The van der Waals surface area contributed by atoms with Crippen LogP contribution >= 0.6 is 0 Å². The quantitative estimate of drug-likeness (QED) is 0.747. The van der Waals surface area contributed by atoms with Gasteiger partial charge in [-0.1, -0.05) is 0 Å². The van der Waals surface area contributed by atoms with Gasteiger partial charge >= 0.3 is 0 Å².